The van der Waals surface area contributed by atoms with Crippen LogP contribution in [0.4, 0.5) is 0 Å². The van der Waals surface area contributed by atoms with Crippen molar-refractivity contribution in [2.45, 2.75) is 45.1 Å². The number of amides is 1. The third-order valence-electron chi connectivity index (χ3n) is 5.24. The molecule has 0 saturated carbocycles. The summed E-state index contributed by atoms with van der Waals surface area (Å²) in [7, 11) is -3.58. The largest absolute Gasteiger partial charge is 0.491 e. The summed E-state index contributed by atoms with van der Waals surface area (Å²) in [6.07, 6.45) is 1.40. The van der Waals surface area contributed by atoms with Crippen LogP contribution < -0.4 is 10.1 Å². The highest BCUT2D eigenvalue weighted by molar-refractivity contribution is 7.88. The molecule has 2 aromatic carbocycles. The normalized spacial score (nSPS) is 17.3. The number of piperidine rings is 1. The standard InChI is InChI=1S/C23H28Cl2N2O4S/c1-16(2)31-20-8-5-17(6-9-20)13-26-23(28)19-4-3-11-27(14-19)32(29,30)15-18-7-10-21(24)22(25)12-18/h5-10,12,16,19H,3-4,11,13-15H2,1-2H3,(H,26,28). The second-order valence-electron chi connectivity index (χ2n) is 8.23. The molecule has 3 rings (SSSR count). The Morgan fingerprint density at radius 2 is 1.81 bits per heavy atom. The number of hydrogen-bond acceptors (Lipinski definition) is 4. The fourth-order valence-electron chi connectivity index (χ4n) is 3.63. The van der Waals surface area contributed by atoms with E-state index in [0.29, 0.717) is 41.5 Å². The SMILES string of the molecule is CC(C)Oc1ccc(CNC(=O)C2CCCN(S(=O)(=O)Cc3ccc(Cl)c(Cl)c3)C2)cc1. The second kappa shape index (κ2) is 10.9. The highest BCUT2D eigenvalue weighted by Crippen LogP contribution is 2.26. The lowest BCUT2D eigenvalue weighted by atomic mass is 9.99. The lowest BCUT2D eigenvalue weighted by Gasteiger charge is -2.31. The van der Waals surface area contributed by atoms with Gasteiger partial charge in [0, 0.05) is 19.6 Å². The number of benzene rings is 2. The van der Waals surface area contributed by atoms with Gasteiger partial charge in [-0.2, -0.15) is 0 Å². The van der Waals surface area contributed by atoms with Crippen LogP contribution in [0.25, 0.3) is 0 Å². The van der Waals surface area contributed by atoms with E-state index in [4.69, 9.17) is 27.9 Å². The van der Waals surface area contributed by atoms with Crippen molar-refractivity contribution >= 4 is 39.1 Å². The van der Waals surface area contributed by atoms with Crippen LogP contribution in [-0.2, 0) is 27.1 Å². The van der Waals surface area contributed by atoms with E-state index in [9.17, 15) is 13.2 Å². The van der Waals surface area contributed by atoms with E-state index in [1.165, 1.54) is 4.31 Å². The van der Waals surface area contributed by atoms with E-state index in [-0.39, 0.29) is 30.2 Å². The molecule has 1 amide bonds. The van der Waals surface area contributed by atoms with Gasteiger partial charge in [0.2, 0.25) is 15.9 Å². The predicted molar refractivity (Wildman–Crippen MR) is 127 cm³/mol. The molecule has 0 bridgehead atoms. The number of sulfonamides is 1. The molecular weight excluding hydrogens is 471 g/mol. The fourth-order valence-corrected chi connectivity index (χ4v) is 5.55. The predicted octanol–water partition coefficient (Wildman–Crippen LogP) is 4.64. The molecule has 174 valence electrons. The van der Waals surface area contributed by atoms with Gasteiger partial charge in [0.05, 0.1) is 27.8 Å². The van der Waals surface area contributed by atoms with E-state index >= 15 is 0 Å². The van der Waals surface area contributed by atoms with Crippen molar-refractivity contribution < 1.29 is 17.9 Å². The van der Waals surface area contributed by atoms with Gasteiger partial charge in [0.15, 0.2) is 0 Å². The Kier molecular flexibility index (Phi) is 8.44. The summed E-state index contributed by atoms with van der Waals surface area (Å²) >= 11 is 11.9. The zero-order chi connectivity index (χ0) is 23.3. The molecule has 1 unspecified atom stereocenters. The van der Waals surface area contributed by atoms with Crippen LogP contribution in [0.2, 0.25) is 10.0 Å². The minimum absolute atomic E-state index is 0.0998. The zero-order valence-electron chi connectivity index (χ0n) is 18.2. The van der Waals surface area contributed by atoms with E-state index < -0.39 is 10.0 Å². The van der Waals surface area contributed by atoms with Crippen molar-refractivity contribution in [1.82, 2.24) is 9.62 Å². The van der Waals surface area contributed by atoms with Crippen molar-refractivity contribution in [2.75, 3.05) is 13.1 Å². The van der Waals surface area contributed by atoms with Gasteiger partial charge in [-0.25, -0.2) is 12.7 Å². The Hall–Kier alpha value is -1.80. The van der Waals surface area contributed by atoms with Crippen LogP contribution in [0.5, 0.6) is 5.75 Å². The van der Waals surface area contributed by atoms with Crippen LogP contribution in [0, 0.1) is 5.92 Å². The van der Waals surface area contributed by atoms with Crippen molar-refractivity contribution in [3.63, 3.8) is 0 Å². The fraction of sp³-hybridized carbons (Fsp3) is 0.435. The van der Waals surface area contributed by atoms with Crippen LogP contribution in [0.15, 0.2) is 42.5 Å². The quantitative estimate of drug-likeness (QED) is 0.575. The number of carbonyl (C=O) groups excluding carboxylic acids is 1. The third kappa shape index (κ3) is 6.85. The molecular formula is C23H28Cl2N2O4S. The van der Waals surface area contributed by atoms with Gasteiger partial charge in [0.1, 0.15) is 5.75 Å². The first-order valence-corrected chi connectivity index (χ1v) is 13.0. The van der Waals surface area contributed by atoms with Crippen LogP contribution >= 0.6 is 23.2 Å². The maximum atomic E-state index is 12.9. The number of rotatable bonds is 8. The van der Waals surface area contributed by atoms with Crippen molar-refractivity contribution in [2.24, 2.45) is 5.92 Å². The maximum Gasteiger partial charge on any atom is 0.224 e. The van der Waals surface area contributed by atoms with Gasteiger partial charge >= 0.3 is 0 Å². The number of carbonyl (C=O) groups is 1. The average molecular weight is 499 g/mol. The first kappa shape index (κ1) is 24.8. The van der Waals surface area contributed by atoms with E-state index in [2.05, 4.69) is 5.32 Å². The molecule has 1 fully saturated rings. The van der Waals surface area contributed by atoms with Gasteiger partial charge in [-0.1, -0.05) is 41.4 Å². The topological polar surface area (TPSA) is 75.7 Å². The summed E-state index contributed by atoms with van der Waals surface area (Å²) in [5.41, 5.74) is 1.52. The lowest BCUT2D eigenvalue weighted by molar-refractivity contribution is -0.126. The Morgan fingerprint density at radius 1 is 1.12 bits per heavy atom. The number of hydrogen-bond donors (Lipinski definition) is 1. The number of nitrogens with zero attached hydrogens (tertiary/aromatic N) is 1. The van der Waals surface area contributed by atoms with Gasteiger partial charge < -0.3 is 10.1 Å². The minimum atomic E-state index is -3.58. The van der Waals surface area contributed by atoms with Crippen LogP contribution in [-0.4, -0.2) is 37.8 Å². The molecule has 6 nitrogen and oxygen atoms in total. The Labute approximate surface area is 199 Å². The summed E-state index contributed by atoms with van der Waals surface area (Å²) < 4.78 is 32.9. The Morgan fingerprint density at radius 3 is 2.47 bits per heavy atom. The van der Waals surface area contributed by atoms with Gasteiger partial charge in [0.25, 0.3) is 0 Å². The van der Waals surface area contributed by atoms with Crippen molar-refractivity contribution in [3.8, 4) is 5.75 Å². The van der Waals surface area contributed by atoms with E-state index in [1.54, 1.807) is 18.2 Å². The summed E-state index contributed by atoms with van der Waals surface area (Å²) in [5.74, 6) is 0.0891. The highest BCUT2D eigenvalue weighted by Gasteiger charge is 2.32. The molecule has 0 spiro atoms. The van der Waals surface area contributed by atoms with Gasteiger partial charge in [-0.05, 0) is 62.1 Å². The molecule has 9 heteroatoms. The minimum Gasteiger partial charge on any atom is -0.491 e. The number of nitrogens with one attached hydrogen (secondary N) is 1. The Bertz CT molecular complexity index is 1040. The van der Waals surface area contributed by atoms with Crippen molar-refractivity contribution in [1.29, 1.82) is 0 Å². The Balaban J connectivity index is 1.56. The molecule has 1 heterocycles. The third-order valence-corrected chi connectivity index (χ3v) is 7.80. The molecule has 1 atom stereocenters. The first-order valence-electron chi connectivity index (χ1n) is 10.6. The molecule has 0 radical (unpaired) electrons. The second-order valence-corrected chi connectivity index (χ2v) is 11.0. The number of halogens is 2. The van der Waals surface area contributed by atoms with Crippen molar-refractivity contribution in [3.05, 3.63) is 63.6 Å². The molecule has 32 heavy (non-hydrogen) atoms. The lowest BCUT2D eigenvalue weighted by Crippen LogP contribution is -2.45. The summed E-state index contributed by atoms with van der Waals surface area (Å²) in [4.78, 5) is 12.7. The molecule has 0 aromatic heterocycles. The molecule has 2 aromatic rings. The summed E-state index contributed by atoms with van der Waals surface area (Å²) in [6, 6.07) is 12.4. The first-order chi connectivity index (χ1) is 15.1. The van der Waals surface area contributed by atoms with Crippen LogP contribution in [0.1, 0.15) is 37.8 Å². The molecule has 1 aliphatic rings. The highest BCUT2D eigenvalue weighted by atomic mass is 35.5. The average Bonchev–Trinajstić information content (AvgIpc) is 2.75. The molecule has 1 N–H and O–H groups in total. The maximum absolute atomic E-state index is 12.9. The summed E-state index contributed by atoms with van der Waals surface area (Å²) in [5, 5.41) is 3.63. The zero-order valence-corrected chi connectivity index (χ0v) is 20.5. The smallest absolute Gasteiger partial charge is 0.224 e. The van der Waals surface area contributed by atoms with Gasteiger partial charge in [-0.15, -0.1) is 0 Å². The monoisotopic (exact) mass is 498 g/mol. The van der Waals surface area contributed by atoms with E-state index in [0.717, 1.165) is 11.3 Å². The molecule has 1 aliphatic heterocycles. The van der Waals surface area contributed by atoms with Gasteiger partial charge in [-0.3, -0.25) is 4.79 Å². The number of ether oxygens (including phenoxy) is 1. The van der Waals surface area contributed by atoms with Crippen LogP contribution in [0.3, 0.4) is 0 Å². The molecule has 0 aliphatic carbocycles. The van der Waals surface area contributed by atoms with E-state index in [1.807, 2.05) is 38.1 Å². The summed E-state index contributed by atoms with van der Waals surface area (Å²) in [6.45, 7) is 4.90. The molecule has 1 saturated heterocycles.